The van der Waals surface area contributed by atoms with Crippen LogP contribution < -0.4 is 4.74 Å². The van der Waals surface area contributed by atoms with Gasteiger partial charge >= 0.3 is 0 Å². The molecule has 0 saturated heterocycles. The summed E-state index contributed by atoms with van der Waals surface area (Å²) in [5.74, 6) is -4.03. The van der Waals surface area contributed by atoms with Crippen LogP contribution in [0.4, 0.5) is 13.2 Å². The fourth-order valence-corrected chi connectivity index (χ4v) is 2.01. The zero-order valence-corrected chi connectivity index (χ0v) is 7.82. The van der Waals surface area contributed by atoms with Crippen molar-refractivity contribution in [2.45, 2.75) is 30.8 Å². The van der Waals surface area contributed by atoms with Gasteiger partial charge in [0, 0.05) is 0 Å². The molecule has 0 amide bonds. The van der Waals surface area contributed by atoms with Gasteiger partial charge < -0.3 is 4.74 Å². The summed E-state index contributed by atoms with van der Waals surface area (Å²) in [6.45, 7) is 0. The van der Waals surface area contributed by atoms with Crippen LogP contribution in [0.3, 0.4) is 0 Å². The molecule has 15 heavy (non-hydrogen) atoms. The number of hydrogen-bond donors (Lipinski definition) is 0. The van der Waals surface area contributed by atoms with E-state index in [1.165, 1.54) is 0 Å². The van der Waals surface area contributed by atoms with Gasteiger partial charge in [-0.1, -0.05) is 0 Å². The predicted octanol–water partition coefficient (Wildman–Crippen LogP) is 3.23. The Labute approximate surface area is 86.3 Å². The van der Waals surface area contributed by atoms with Gasteiger partial charge in [0.2, 0.25) is 0 Å². The van der Waals surface area contributed by atoms with Gasteiger partial charge in [0.25, 0.3) is 5.92 Å². The first-order chi connectivity index (χ1) is 7.42. The molecule has 80 valence electrons. The monoisotopic (exact) mass is 215 g/mol. The van der Waals surface area contributed by atoms with Crippen LogP contribution in [-0.2, 0) is 5.92 Å². The quantitative estimate of drug-likeness (QED) is 0.645. The van der Waals surface area contributed by atoms with Gasteiger partial charge in [-0.25, -0.2) is 13.2 Å². The third-order valence-electron chi connectivity index (χ3n) is 2.95. The summed E-state index contributed by atoms with van der Waals surface area (Å²) in [5.41, 5.74) is -1.20. The van der Waals surface area contributed by atoms with Gasteiger partial charge in [-0.05, 0) is 31.0 Å². The van der Waals surface area contributed by atoms with Gasteiger partial charge in [0.1, 0.15) is 17.2 Å². The van der Waals surface area contributed by atoms with E-state index in [-0.39, 0.29) is 12.2 Å². The number of alkyl halides is 2. The van der Waals surface area contributed by atoms with Crippen molar-refractivity contribution in [1.82, 2.24) is 0 Å². The molecule has 4 heteroatoms. The normalized spacial score (nSPS) is 25.4. The Morgan fingerprint density at radius 2 is 2.13 bits per heavy atom. The Balaban J connectivity index is 2.15. The topological polar surface area (TPSA) is 9.23 Å². The van der Waals surface area contributed by atoms with Crippen molar-refractivity contribution < 1.29 is 19.3 Å². The van der Waals surface area contributed by atoms with E-state index in [1.807, 2.05) is 0 Å². The van der Waals surface area contributed by atoms with Crippen molar-refractivity contribution in [2.75, 3.05) is 0 Å². The maximum atomic E-state index is 13.7. The second-order valence-electron chi connectivity index (χ2n) is 4.23. The molecule has 1 fully saturated rings. The summed E-state index contributed by atoms with van der Waals surface area (Å²) >= 11 is 0. The maximum Gasteiger partial charge on any atom is 0.280 e. The summed E-state index contributed by atoms with van der Waals surface area (Å²) in [6.07, 6.45) is 0.823. The van der Waals surface area contributed by atoms with Gasteiger partial charge in [0.05, 0.1) is 13.4 Å². The Hall–Kier alpha value is -1.19. The van der Waals surface area contributed by atoms with Gasteiger partial charge in [-0.3, -0.25) is 0 Å². The second-order valence-corrected chi connectivity index (χ2v) is 4.23. The van der Waals surface area contributed by atoms with Crippen LogP contribution in [0.2, 0.25) is 0 Å². The van der Waals surface area contributed by atoms with E-state index >= 15 is 0 Å². The first-order valence-corrected chi connectivity index (χ1v) is 4.79. The number of hydrogen-bond acceptors (Lipinski definition) is 1. The molecule has 0 unspecified atom stereocenters. The van der Waals surface area contributed by atoms with E-state index in [2.05, 4.69) is 0 Å². The van der Waals surface area contributed by atoms with Crippen LogP contribution in [0.1, 0.15) is 26.2 Å². The SMILES string of the molecule is [2H]c1cc2c(cc1F)C(F)(F)CC1(CC1)O2. The molecular formula is C11H9F3O. The third kappa shape index (κ3) is 1.31. The summed E-state index contributed by atoms with van der Waals surface area (Å²) in [6, 6.07) is 1.34. The number of rotatable bonds is 0. The second kappa shape index (κ2) is 2.49. The lowest BCUT2D eigenvalue weighted by atomic mass is 9.96. The Morgan fingerprint density at radius 1 is 1.40 bits per heavy atom. The zero-order chi connectivity index (χ0) is 11.6. The van der Waals surface area contributed by atoms with E-state index in [4.69, 9.17) is 6.11 Å². The van der Waals surface area contributed by atoms with Crippen LogP contribution in [0.25, 0.3) is 0 Å². The van der Waals surface area contributed by atoms with E-state index in [0.29, 0.717) is 18.9 Å². The lowest BCUT2D eigenvalue weighted by Gasteiger charge is -2.32. The van der Waals surface area contributed by atoms with Crippen molar-refractivity contribution in [2.24, 2.45) is 0 Å². The Kier molecular flexibility index (Phi) is 1.33. The van der Waals surface area contributed by atoms with Crippen LogP contribution in [0, 0.1) is 5.82 Å². The molecule has 1 aromatic rings. The molecule has 1 saturated carbocycles. The molecule has 0 atom stereocenters. The summed E-state index contributed by atoms with van der Waals surface area (Å²) in [7, 11) is 0. The maximum absolute atomic E-state index is 13.7. The smallest absolute Gasteiger partial charge is 0.280 e. The average Bonchev–Trinajstić information content (AvgIpc) is 2.88. The first kappa shape index (κ1) is 8.02. The van der Waals surface area contributed by atoms with E-state index in [1.54, 1.807) is 0 Å². The van der Waals surface area contributed by atoms with Crippen molar-refractivity contribution in [1.29, 1.82) is 0 Å². The molecule has 2 aliphatic rings. The lowest BCUT2D eigenvalue weighted by Crippen LogP contribution is -2.34. The minimum atomic E-state index is -3.06. The molecule has 1 nitrogen and oxygen atoms in total. The van der Waals surface area contributed by atoms with Crippen molar-refractivity contribution in [3.63, 3.8) is 0 Å². The van der Waals surface area contributed by atoms with Crippen LogP contribution in [0.15, 0.2) is 18.2 Å². The summed E-state index contributed by atoms with van der Waals surface area (Å²) in [4.78, 5) is 0. The van der Waals surface area contributed by atoms with E-state index < -0.39 is 28.9 Å². The summed E-state index contributed by atoms with van der Waals surface area (Å²) in [5, 5.41) is 0. The fourth-order valence-electron chi connectivity index (χ4n) is 2.01. The molecular weight excluding hydrogens is 205 g/mol. The minimum Gasteiger partial charge on any atom is -0.487 e. The predicted molar refractivity (Wildman–Crippen MR) is 47.5 cm³/mol. The molecule has 1 aliphatic heterocycles. The molecule has 1 heterocycles. The van der Waals surface area contributed by atoms with Crippen molar-refractivity contribution in [3.05, 3.63) is 29.6 Å². The van der Waals surface area contributed by atoms with Crippen LogP contribution in [-0.4, -0.2) is 5.60 Å². The van der Waals surface area contributed by atoms with Gasteiger partial charge in [-0.15, -0.1) is 0 Å². The average molecular weight is 215 g/mol. The molecule has 0 radical (unpaired) electrons. The van der Waals surface area contributed by atoms with Crippen LogP contribution in [0.5, 0.6) is 5.75 Å². The molecule has 0 bridgehead atoms. The third-order valence-corrected chi connectivity index (χ3v) is 2.95. The number of benzene rings is 1. The fraction of sp³-hybridized carbons (Fsp3) is 0.455. The zero-order valence-electron chi connectivity index (χ0n) is 8.82. The number of ether oxygens (including phenoxy) is 1. The Bertz CT molecular complexity index is 469. The highest BCUT2D eigenvalue weighted by molar-refractivity contribution is 5.41. The highest BCUT2D eigenvalue weighted by Crippen LogP contribution is 2.56. The molecule has 3 rings (SSSR count). The van der Waals surface area contributed by atoms with Gasteiger partial charge in [0.15, 0.2) is 0 Å². The highest BCUT2D eigenvalue weighted by Gasteiger charge is 2.57. The van der Waals surface area contributed by atoms with Gasteiger partial charge in [-0.2, -0.15) is 0 Å². The van der Waals surface area contributed by atoms with Crippen LogP contribution >= 0.6 is 0 Å². The number of halogens is 3. The first-order valence-electron chi connectivity index (χ1n) is 5.29. The largest absolute Gasteiger partial charge is 0.487 e. The summed E-state index contributed by atoms with van der Waals surface area (Å²) < 4.78 is 53.2. The van der Waals surface area contributed by atoms with E-state index in [9.17, 15) is 13.2 Å². The molecule has 1 aromatic carbocycles. The standard InChI is InChI=1S/C11H9F3O/c12-7-1-2-9-8(5-7)11(13,14)6-10(15-9)3-4-10/h1-2,5H,3-4,6H2/i1D. The molecule has 0 N–H and O–H groups in total. The lowest BCUT2D eigenvalue weighted by molar-refractivity contribution is -0.0730. The Morgan fingerprint density at radius 3 is 2.80 bits per heavy atom. The minimum absolute atomic E-state index is 0.0415. The molecule has 0 aromatic heterocycles. The molecule has 1 spiro atoms. The number of fused-ring (bicyclic) bond motifs is 1. The van der Waals surface area contributed by atoms with Crippen molar-refractivity contribution >= 4 is 0 Å². The molecule has 1 aliphatic carbocycles. The highest BCUT2D eigenvalue weighted by atomic mass is 19.3. The van der Waals surface area contributed by atoms with E-state index in [0.717, 1.165) is 6.07 Å². The van der Waals surface area contributed by atoms with Crippen molar-refractivity contribution in [3.8, 4) is 5.75 Å².